The standard InChI is InChI=1S/C40H48/c1-29-17-33-9-5-11-35(25-33)19-30(2)21-37-13-7-15-39(27-37)23-32(4)24-40-16-8-14-38(28-40)22-31(3)20-36-12-6-10-34(18-29)26-36/h5-16,25-32H,17-24H2,1-4H3. The monoisotopic (exact) mass is 528 g/mol. The zero-order valence-corrected chi connectivity index (χ0v) is 25.2. The summed E-state index contributed by atoms with van der Waals surface area (Å²) in [6.45, 7) is 9.65. The number of rotatable bonds is 0. The first-order valence-corrected chi connectivity index (χ1v) is 15.7. The molecule has 0 fully saturated rings. The first-order valence-electron chi connectivity index (χ1n) is 15.7. The summed E-state index contributed by atoms with van der Waals surface area (Å²) in [7, 11) is 0. The van der Waals surface area contributed by atoms with E-state index in [1.807, 2.05) is 0 Å². The van der Waals surface area contributed by atoms with E-state index in [0.29, 0.717) is 23.7 Å². The summed E-state index contributed by atoms with van der Waals surface area (Å²) >= 11 is 0. The third-order valence-electron chi connectivity index (χ3n) is 8.64. The summed E-state index contributed by atoms with van der Waals surface area (Å²) in [6.07, 6.45) is 9.11. The summed E-state index contributed by atoms with van der Waals surface area (Å²) in [5.41, 5.74) is 11.8. The minimum Gasteiger partial charge on any atom is -0.0619 e. The van der Waals surface area contributed by atoms with E-state index in [0.717, 1.165) is 51.4 Å². The lowest BCUT2D eigenvalue weighted by Crippen LogP contribution is -2.09. The van der Waals surface area contributed by atoms with Crippen molar-refractivity contribution in [2.24, 2.45) is 23.7 Å². The van der Waals surface area contributed by atoms with Crippen LogP contribution in [0, 0.1) is 23.7 Å². The Balaban J connectivity index is 1.38. The molecule has 0 heteroatoms. The molecule has 0 saturated carbocycles. The molecule has 0 saturated heterocycles. The van der Waals surface area contributed by atoms with Crippen molar-refractivity contribution in [2.75, 3.05) is 0 Å². The van der Waals surface area contributed by atoms with E-state index in [9.17, 15) is 0 Å². The van der Waals surface area contributed by atoms with Gasteiger partial charge in [0.1, 0.15) is 0 Å². The molecule has 0 atom stereocenters. The zero-order valence-electron chi connectivity index (χ0n) is 25.2. The van der Waals surface area contributed by atoms with Crippen LogP contribution in [-0.4, -0.2) is 0 Å². The second-order valence-corrected chi connectivity index (χ2v) is 13.3. The van der Waals surface area contributed by atoms with Gasteiger partial charge < -0.3 is 0 Å². The Hall–Kier alpha value is -3.12. The summed E-state index contributed by atoms with van der Waals surface area (Å²) in [6, 6.07) is 37.6. The molecule has 4 aromatic carbocycles. The molecule has 40 heavy (non-hydrogen) atoms. The molecule has 4 aromatic rings. The maximum absolute atomic E-state index is 2.47. The summed E-state index contributed by atoms with van der Waals surface area (Å²) in [5.74, 6) is 2.50. The van der Waals surface area contributed by atoms with Gasteiger partial charge in [-0.05, 0) is 120 Å². The van der Waals surface area contributed by atoms with Crippen molar-refractivity contribution in [2.45, 2.75) is 79.1 Å². The van der Waals surface area contributed by atoms with Gasteiger partial charge in [-0.25, -0.2) is 0 Å². The molecule has 0 amide bonds. The Morgan fingerprint density at radius 2 is 0.450 bits per heavy atom. The Kier molecular flexibility index (Phi) is 9.58. The maximum Gasteiger partial charge on any atom is -0.0250 e. The van der Waals surface area contributed by atoms with Crippen LogP contribution in [0.25, 0.3) is 0 Å². The normalized spacial score (nSPS) is 22.7. The largest absolute Gasteiger partial charge is 0.0619 e. The SMILES string of the molecule is CC1Cc2cccc(c2)CC(C)Cc2cccc(c2)CC(C)Cc2cccc(c2)CC(C)Cc2cccc(c2)C1. The van der Waals surface area contributed by atoms with Gasteiger partial charge in [0.2, 0.25) is 0 Å². The predicted molar refractivity (Wildman–Crippen MR) is 172 cm³/mol. The van der Waals surface area contributed by atoms with Crippen LogP contribution in [0.5, 0.6) is 0 Å². The lowest BCUT2D eigenvalue weighted by Gasteiger charge is -2.17. The van der Waals surface area contributed by atoms with Crippen molar-refractivity contribution in [1.82, 2.24) is 0 Å². The molecular formula is C40H48. The lowest BCUT2D eigenvalue weighted by molar-refractivity contribution is 0.561. The van der Waals surface area contributed by atoms with Crippen molar-refractivity contribution < 1.29 is 0 Å². The van der Waals surface area contributed by atoms with Crippen LogP contribution >= 0.6 is 0 Å². The van der Waals surface area contributed by atoms with E-state index in [2.05, 4.69) is 125 Å². The van der Waals surface area contributed by atoms with Gasteiger partial charge in [0.05, 0.1) is 0 Å². The molecule has 0 nitrogen and oxygen atoms in total. The third kappa shape index (κ3) is 8.44. The van der Waals surface area contributed by atoms with Crippen molar-refractivity contribution in [3.05, 3.63) is 142 Å². The number of fused-ring (bicyclic) bond motifs is 8. The van der Waals surface area contributed by atoms with Gasteiger partial charge in [-0.3, -0.25) is 0 Å². The smallest absolute Gasteiger partial charge is 0.0250 e. The van der Waals surface area contributed by atoms with Crippen LogP contribution in [0.1, 0.15) is 72.2 Å². The van der Waals surface area contributed by atoms with Gasteiger partial charge >= 0.3 is 0 Å². The first-order chi connectivity index (χ1) is 19.4. The van der Waals surface area contributed by atoms with Crippen molar-refractivity contribution >= 4 is 0 Å². The van der Waals surface area contributed by atoms with E-state index < -0.39 is 0 Å². The van der Waals surface area contributed by atoms with Crippen LogP contribution in [0.3, 0.4) is 0 Å². The number of hydrogen-bond donors (Lipinski definition) is 0. The Morgan fingerprint density at radius 1 is 0.300 bits per heavy atom. The Labute approximate surface area is 243 Å². The van der Waals surface area contributed by atoms with E-state index >= 15 is 0 Å². The second-order valence-electron chi connectivity index (χ2n) is 13.3. The summed E-state index contributed by atoms with van der Waals surface area (Å²) < 4.78 is 0. The van der Waals surface area contributed by atoms with Crippen LogP contribution in [-0.2, 0) is 51.4 Å². The molecule has 0 N–H and O–H groups in total. The highest BCUT2D eigenvalue weighted by atomic mass is 14.2. The fourth-order valence-corrected chi connectivity index (χ4v) is 7.04. The fourth-order valence-electron chi connectivity index (χ4n) is 7.04. The first kappa shape index (κ1) is 28.4. The zero-order chi connectivity index (χ0) is 27.9. The van der Waals surface area contributed by atoms with Crippen LogP contribution in [0.2, 0.25) is 0 Å². The topological polar surface area (TPSA) is 0 Å². The fraction of sp³-hybridized carbons (Fsp3) is 0.400. The molecule has 0 aromatic heterocycles. The van der Waals surface area contributed by atoms with Gasteiger partial charge in [0.15, 0.2) is 0 Å². The average molecular weight is 529 g/mol. The highest BCUT2D eigenvalue weighted by molar-refractivity contribution is 5.29. The minimum absolute atomic E-state index is 0.624. The van der Waals surface area contributed by atoms with Gasteiger partial charge in [-0.1, -0.05) is 125 Å². The molecule has 8 bridgehead atoms. The molecule has 1 aliphatic carbocycles. The van der Waals surface area contributed by atoms with Crippen molar-refractivity contribution in [3.63, 3.8) is 0 Å². The van der Waals surface area contributed by atoms with Gasteiger partial charge in [0.25, 0.3) is 0 Å². The van der Waals surface area contributed by atoms with Crippen molar-refractivity contribution in [1.29, 1.82) is 0 Å². The third-order valence-corrected chi connectivity index (χ3v) is 8.64. The average Bonchev–Trinajstić information content (AvgIpc) is 2.88. The van der Waals surface area contributed by atoms with Gasteiger partial charge in [-0.2, -0.15) is 0 Å². The van der Waals surface area contributed by atoms with E-state index in [4.69, 9.17) is 0 Å². The summed E-state index contributed by atoms with van der Waals surface area (Å²) in [5, 5.41) is 0. The van der Waals surface area contributed by atoms with Crippen molar-refractivity contribution in [3.8, 4) is 0 Å². The Bertz CT molecular complexity index is 1080. The number of benzene rings is 4. The van der Waals surface area contributed by atoms with Crippen LogP contribution in [0.15, 0.2) is 97.1 Å². The number of hydrogen-bond acceptors (Lipinski definition) is 0. The minimum atomic E-state index is 0.624. The molecule has 0 heterocycles. The molecule has 5 rings (SSSR count). The summed E-state index contributed by atoms with van der Waals surface area (Å²) in [4.78, 5) is 0. The lowest BCUT2D eigenvalue weighted by atomic mass is 9.88. The van der Waals surface area contributed by atoms with Gasteiger partial charge in [-0.15, -0.1) is 0 Å². The van der Waals surface area contributed by atoms with Crippen LogP contribution < -0.4 is 0 Å². The van der Waals surface area contributed by atoms with E-state index in [1.165, 1.54) is 44.5 Å². The molecule has 0 unspecified atom stereocenters. The maximum atomic E-state index is 2.47. The van der Waals surface area contributed by atoms with E-state index in [-0.39, 0.29) is 0 Å². The van der Waals surface area contributed by atoms with Gasteiger partial charge in [0, 0.05) is 0 Å². The van der Waals surface area contributed by atoms with E-state index in [1.54, 1.807) is 0 Å². The quantitative estimate of drug-likeness (QED) is 0.213. The second kappa shape index (κ2) is 13.5. The molecular weight excluding hydrogens is 480 g/mol. The van der Waals surface area contributed by atoms with Crippen LogP contribution in [0.4, 0.5) is 0 Å². The molecule has 1 aliphatic rings. The highest BCUT2D eigenvalue weighted by Gasteiger charge is 2.13. The molecule has 0 radical (unpaired) electrons. The predicted octanol–water partition coefficient (Wildman–Crippen LogP) is 9.69. The Morgan fingerprint density at radius 3 is 0.600 bits per heavy atom. The molecule has 0 aliphatic heterocycles. The molecule has 0 spiro atoms. The highest BCUT2D eigenvalue weighted by Crippen LogP contribution is 2.23. The molecule has 208 valence electrons.